The lowest BCUT2D eigenvalue weighted by atomic mass is 9.87. The molecule has 2 heterocycles. The van der Waals surface area contributed by atoms with Crippen molar-refractivity contribution in [2.24, 2.45) is 23.5 Å². The van der Waals surface area contributed by atoms with Crippen molar-refractivity contribution in [2.75, 3.05) is 20.2 Å². The first kappa shape index (κ1) is 28.0. The molecule has 200 valence electrons. The normalized spacial score (nSPS) is 17.6. The van der Waals surface area contributed by atoms with Crippen molar-refractivity contribution >= 4 is 28.6 Å². The Morgan fingerprint density at radius 1 is 1.30 bits per heavy atom. The Morgan fingerprint density at radius 3 is 2.70 bits per heavy atom. The van der Waals surface area contributed by atoms with Crippen LogP contribution in [0.4, 0.5) is 0 Å². The number of methoxy groups -OCH3 is 1. The lowest BCUT2D eigenvalue weighted by Gasteiger charge is -2.28. The monoisotopic (exact) mass is 510 g/mol. The van der Waals surface area contributed by atoms with Crippen LogP contribution in [0.15, 0.2) is 24.3 Å². The minimum atomic E-state index is -0.811. The minimum Gasteiger partial charge on any atom is -0.496 e. The molecule has 1 aromatic heterocycles. The van der Waals surface area contributed by atoms with Crippen LogP contribution in [0.5, 0.6) is 5.75 Å². The van der Waals surface area contributed by atoms with Crippen LogP contribution in [0, 0.1) is 29.1 Å². The van der Waals surface area contributed by atoms with Gasteiger partial charge in [0.1, 0.15) is 17.5 Å². The third-order valence-electron chi connectivity index (χ3n) is 6.82. The molecule has 1 saturated heterocycles. The molecule has 0 radical (unpaired) electrons. The Bertz CT molecular complexity index is 1140. The maximum atomic E-state index is 13.5. The molecule has 0 aliphatic carbocycles. The van der Waals surface area contributed by atoms with Gasteiger partial charge in [-0.1, -0.05) is 19.9 Å². The van der Waals surface area contributed by atoms with Gasteiger partial charge in [-0.15, -0.1) is 0 Å². The maximum Gasteiger partial charge on any atom is 0.268 e. The second kappa shape index (κ2) is 13.1. The zero-order valence-electron chi connectivity index (χ0n) is 21.8. The third kappa shape index (κ3) is 7.23. The van der Waals surface area contributed by atoms with E-state index in [2.05, 4.69) is 27.0 Å². The van der Waals surface area contributed by atoms with Crippen LogP contribution in [0.2, 0.25) is 0 Å². The van der Waals surface area contributed by atoms with Gasteiger partial charge in [-0.05, 0) is 62.8 Å². The molecular formula is C27H38N6O4. The van der Waals surface area contributed by atoms with Crippen LogP contribution in [0.1, 0.15) is 56.4 Å². The maximum absolute atomic E-state index is 13.5. The van der Waals surface area contributed by atoms with Crippen molar-refractivity contribution in [1.82, 2.24) is 20.9 Å². The van der Waals surface area contributed by atoms with Crippen LogP contribution < -0.4 is 26.4 Å². The summed E-state index contributed by atoms with van der Waals surface area (Å²) in [6.07, 6.45) is 2.60. The molecule has 10 nitrogen and oxygen atoms in total. The van der Waals surface area contributed by atoms with Gasteiger partial charge in [0.25, 0.3) is 5.91 Å². The Morgan fingerprint density at radius 2 is 2.08 bits per heavy atom. The number of rotatable bonds is 13. The van der Waals surface area contributed by atoms with E-state index in [1.165, 1.54) is 0 Å². The standard InChI is InChI=1S/C27H38N6O4/c1-16(2)12-22(33-27(36)23-14-19-20(31-23)7-4-8-24(19)37-3)26(35)32-21(18(15-29)6-5-10-28)13-17-9-11-30-25(17)34/h4,7-8,14,16-18,21-22,31H,5-6,9-13,28H2,1-3H3,(H,30,34)(H,32,35)(H,33,36)/t17-,18?,21-,22-/m0/s1. The average molecular weight is 511 g/mol. The average Bonchev–Trinajstić information content (AvgIpc) is 3.49. The number of hydrogen-bond acceptors (Lipinski definition) is 6. The number of nitrogens with one attached hydrogen (secondary N) is 4. The van der Waals surface area contributed by atoms with Gasteiger partial charge in [-0.2, -0.15) is 5.26 Å². The number of aromatic nitrogens is 1. The molecule has 37 heavy (non-hydrogen) atoms. The summed E-state index contributed by atoms with van der Waals surface area (Å²) in [6, 6.07) is 8.15. The van der Waals surface area contributed by atoms with Gasteiger partial charge in [0.2, 0.25) is 11.8 Å². The largest absolute Gasteiger partial charge is 0.496 e. The molecule has 3 amide bonds. The fourth-order valence-corrected chi connectivity index (χ4v) is 4.84. The van der Waals surface area contributed by atoms with E-state index in [9.17, 15) is 19.6 Å². The molecule has 2 aromatic rings. The Balaban J connectivity index is 1.79. The third-order valence-corrected chi connectivity index (χ3v) is 6.82. The number of hydrogen-bond donors (Lipinski definition) is 5. The second-order valence-electron chi connectivity index (χ2n) is 10.1. The summed E-state index contributed by atoms with van der Waals surface area (Å²) in [5.74, 6) is -0.824. The highest BCUT2D eigenvalue weighted by Gasteiger charge is 2.34. The Hall–Kier alpha value is -3.58. The molecule has 0 bridgehead atoms. The molecular weight excluding hydrogens is 472 g/mol. The van der Waals surface area contributed by atoms with Gasteiger partial charge in [0.05, 0.1) is 19.1 Å². The van der Waals surface area contributed by atoms with E-state index in [-0.39, 0.29) is 23.7 Å². The predicted octanol–water partition coefficient (Wildman–Crippen LogP) is 2.21. The first-order valence-electron chi connectivity index (χ1n) is 12.9. The number of benzene rings is 1. The summed E-state index contributed by atoms with van der Waals surface area (Å²) in [6.45, 7) is 4.97. The predicted molar refractivity (Wildman–Crippen MR) is 141 cm³/mol. The number of nitriles is 1. The second-order valence-corrected chi connectivity index (χ2v) is 10.1. The molecule has 1 unspecified atom stereocenters. The van der Waals surface area contributed by atoms with Crippen LogP contribution >= 0.6 is 0 Å². The first-order valence-corrected chi connectivity index (χ1v) is 12.9. The number of H-pyrrole nitrogens is 1. The SMILES string of the molecule is COc1cccc2[nH]c(C(=O)N[C@@H](CC(C)C)C(=O)N[C@@H](C[C@@H]3CCNC3=O)C(C#N)CCCN)cc12. The fourth-order valence-electron chi connectivity index (χ4n) is 4.84. The van der Waals surface area contributed by atoms with E-state index in [0.29, 0.717) is 56.6 Å². The Labute approximate surface area is 217 Å². The quantitative estimate of drug-likeness (QED) is 0.277. The summed E-state index contributed by atoms with van der Waals surface area (Å²) in [4.78, 5) is 42.0. The molecule has 1 aromatic carbocycles. The first-order chi connectivity index (χ1) is 17.8. The lowest BCUT2D eigenvalue weighted by molar-refractivity contribution is -0.126. The molecule has 0 saturated carbocycles. The van der Waals surface area contributed by atoms with Crippen LogP contribution in [-0.4, -0.2) is 55.0 Å². The molecule has 3 rings (SSSR count). The summed E-state index contributed by atoms with van der Waals surface area (Å²) in [7, 11) is 1.57. The zero-order valence-corrected chi connectivity index (χ0v) is 21.8. The number of fused-ring (bicyclic) bond motifs is 1. The van der Waals surface area contributed by atoms with E-state index in [0.717, 1.165) is 10.9 Å². The Kier molecular flexibility index (Phi) is 9.92. The number of nitrogens with zero attached hydrogens (tertiary/aromatic N) is 1. The van der Waals surface area contributed by atoms with Crippen molar-refractivity contribution in [1.29, 1.82) is 5.26 Å². The smallest absolute Gasteiger partial charge is 0.268 e. The molecule has 10 heteroatoms. The summed E-state index contributed by atoms with van der Waals surface area (Å²) in [5.41, 5.74) is 6.73. The van der Waals surface area contributed by atoms with Crippen LogP contribution in [-0.2, 0) is 9.59 Å². The van der Waals surface area contributed by atoms with Crippen molar-refractivity contribution in [3.05, 3.63) is 30.0 Å². The molecule has 0 spiro atoms. The van der Waals surface area contributed by atoms with E-state index in [4.69, 9.17) is 10.5 Å². The van der Waals surface area contributed by atoms with E-state index in [1.54, 1.807) is 13.2 Å². The fraction of sp³-hybridized carbons (Fsp3) is 0.556. The zero-order chi connectivity index (χ0) is 26.9. The minimum absolute atomic E-state index is 0.0592. The van der Waals surface area contributed by atoms with E-state index < -0.39 is 23.9 Å². The van der Waals surface area contributed by atoms with E-state index in [1.807, 2.05) is 32.0 Å². The molecule has 1 fully saturated rings. The highest BCUT2D eigenvalue weighted by atomic mass is 16.5. The van der Waals surface area contributed by atoms with Crippen molar-refractivity contribution < 1.29 is 19.1 Å². The van der Waals surface area contributed by atoms with Crippen molar-refractivity contribution in [3.8, 4) is 11.8 Å². The molecule has 1 aliphatic heterocycles. The van der Waals surface area contributed by atoms with Gasteiger partial charge in [0, 0.05) is 29.4 Å². The molecule has 6 N–H and O–H groups in total. The molecule has 4 atom stereocenters. The van der Waals surface area contributed by atoms with Gasteiger partial charge in [-0.25, -0.2) is 0 Å². The number of nitrogens with two attached hydrogens (primary N) is 1. The number of amides is 3. The molecule has 1 aliphatic rings. The summed E-state index contributed by atoms with van der Waals surface area (Å²) < 4.78 is 5.38. The van der Waals surface area contributed by atoms with Gasteiger partial charge >= 0.3 is 0 Å². The lowest BCUT2D eigenvalue weighted by Crippen LogP contribution is -2.52. The highest BCUT2D eigenvalue weighted by molar-refractivity contribution is 6.01. The van der Waals surface area contributed by atoms with Crippen LogP contribution in [0.3, 0.4) is 0 Å². The number of ether oxygens (including phenoxy) is 1. The van der Waals surface area contributed by atoms with Crippen LogP contribution in [0.25, 0.3) is 10.9 Å². The number of carbonyl (C=O) groups is 3. The van der Waals surface area contributed by atoms with Gasteiger partial charge < -0.3 is 31.4 Å². The van der Waals surface area contributed by atoms with Gasteiger partial charge in [-0.3, -0.25) is 14.4 Å². The summed E-state index contributed by atoms with van der Waals surface area (Å²) >= 11 is 0. The highest BCUT2D eigenvalue weighted by Crippen LogP contribution is 2.26. The topological polar surface area (TPSA) is 162 Å². The van der Waals surface area contributed by atoms with E-state index >= 15 is 0 Å². The number of aromatic amines is 1. The number of carbonyl (C=O) groups excluding carboxylic acids is 3. The van der Waals surface area contributed by atoms with Crippen molar-refractivity contribution in [2.45, 2.75) is 58.0 Å². The van der Waals surface area contributed by atoms with Crippen molar-refractivity contribution in [3.63, 3.8) is 0 Å². The summed E-state index contributed by atoms with van der Waals surface area (Å²) in [5, 5.41) is 19.3. The van der Waals surface area contributed by atoms with Gasteiger partial charge in [0.15, 0.2) is 0 Å².